The van der Waals surface area contributed by atoms with E-state index in [1.54, 1.807) is 13.8 Å². The van der Waals surface area contributed by atoms with E-state index in [2.05, 4.69) is 13.1 Å². The van der Waals surface area contributed by atoms with Gasteiger partial charge in [0.2, 0.25) is 0 Å². The van der Waals surface area contributed by atoms with Gasteiger partial charge < -0.3 is 14.2 Å². The number of benzene rings is 1. The summed E-state index contributed by atoms with van der Waals surface area (Å²) < 4.78 is 15.7. The largest absolute Gasteiger partial charge is 0.479 e. The molecule has 5 nitrogen and oxygen atoms in total. The Morgan fingerprint density at radius 1 is 0.958 bits per heavy atom. The molecule has 1 aromatic carbocycles. The van der Waals surface area contributed by atoms with Gasteiger partial charge in [-0.3, -0.25) is 4.79 Å². The van der Waals surface area contributed by atoms with Gasteiger partial charge >= 0.3 is 11.9 Å². The van der Waals surface area contributed by atoms with Gasteiger partial charge in [0.1, 0.15) is 5.75 Å². The molecule has 0 aliphatic rings. The topological polar surface area (TPSA) is 61.8 Å². The first-order valence-electron chi connectivity index (χ1n) is 8.34. The van der Waals surface area contributed by atoms with Crippen molar-refractivity contribution in [3.63, 3.8) is 0 Å². The Labute approximate surface area is 145 Å². The second-order valence-corrected chi connectivity index (χ2v) is 11.1. The summed E-state index contributed by atoms with van der Waals surface area (Å²) in [6.45, 7) is 12.2. The van der Waals surface area contributed by atoms with Crippen LogP contribution >= 0.6 is 0 Å². The van der Waals surface area contributed by atoms with E-state index in [4.69, 9.17) is 14.2 Å². The summed E-state index contributed by atoms with van der Waals surface area (Å²) >= 11 is 0. The molecule has 134 valence electrons. The van der Waals surface area contributed by atoms with Gasteiger partial charge in [0, 0.05) is 0 Å². The molecular weight excluding hydrogens is 324 g/mol. The lowest BCUT2D eigenvalue weighted by molar-refractivity contribution is -0.150. The number of ether oxygens (including phenoxy) is 3. The summed E-state index contributed by atoms with van der Waals surface area (Å²) in [5.74, 6) is 0.0746. The molecule has 0 saturated carbocycles. The summed E-state index contributed by atoms with van der Waals surface area (Å²) in [5.41, 5.74) is -0.136. The van der Waals surface area contributed by atoms with Gasteiger partial charge in [0.05, 0.1) is 26.8 Å². The second kappa shape index (κ2) is 8.87. The Hall–Kier alpha value is -1.82. The average molecular weight is 353 g/mol. The van der Waals surface area contributed by atoms with Crippen LogP contribution in [0.25, 0.3) is 0 Å². The lowest BCUT2D eigenvalue weighted by atomic mass is 10.3. The maximum absolute atomic E-state index is 12.0. The van der Waals surface area contributed by atoms with E-state index < -0.39 is 14.2 Å². The van der Waals surface area contributed by atoms with E-state index >= 15 is 0 Å². The zero-order valence-electron chi connectivity index (χ0n) is 15.4. The van der Waals surface area contributed by atoms with E-state index in [0.29, 0.717) is 19.0 Å². The molecule has 0 aliphatic carbocycles. The first-order chi connectivity index (χ1) is 11.2. The van der Waals surface area contributed by atoms with Crippen LogP contribution in [0.15, 0.2) is 24.3 Å². The maximum Gasteiger partial charge on any atom is 0.347 e. The second-order valence-electron chi connectivity index (χ2n) is 6.23. The molecule has 0 aromatic heterocycles. The predicted octanol–water partition coefficient (Wildman–Crippen LogP) is 2.89. The van der Waals surface area contributed by atoms with Crippen LogP contribution in [0.4, 0.5) is 0 Å². The van der Waals surface area contributed by atoms with E-state index in [1.165, 1.54) is 0 Å². The molecular formula is C18H28O5Si. The zero-order valence-corrected chi connectivity index (χ0v) is 16.4. The van der Waals surface area contributed by atoms with Gasteiger partial charge in [-0.1, -0.05) is 37.3 Å². The minimum Gasteiger partial charge on any atom is -0.479 e. The summed E-state index contributed by atoms with van der Waals surface area (Å²) in [4.78, 5) is 23.7. The Bertz CT molecular complexity index is 553. The molecule has 6 heteroatoms. The van der Waals surface area contributed by atoms with Crippen LogP contribution in [-0.4, -0.2) is 39.3 Å². The lowest BCUT2D eigenvalue weighted by Crippen LogP contribution is -2.48. The Morgan fingerprint density at radius 2 is 1.46 bits per heavy atom. The summed E-state index contributed by atoms with van der Waals surface area (Å²) in [6, 6.07) is 7.60. The van der Waals surface area contributed by atoms with Crippen molar-refractivity contribution in [3.8, 4) is 5.75 Å². The normalized spacial score (nSPS) is 13.8. The van der Waals surface area contributed by atoms with Gasteiger partial charge in [-0.15, -0.1) is 0 Å². The smallest absolute Gasteiger partial charge is 0.347 e. The first-order valence-corrected chi connectivity index (χ1v) is 11.4. The van der Waals surface area contributed by atoms with Crippen LogP contribution in [0.2, 0.25) is 18.6 Å². The minimum absolute atomic E-state index is 0.136. The van der Waals surface area contributed by atoms with Crippen molar-refractivity contribution in [3.05, 3.63) is 24.3 Å². The van der Waals surface area contributed by atoms with Gasteiger partial charge in [-0.2, -0.15) is 0 Å². The Morgan fingerprint density at radius 3 is 1.96 bits per heavy atom. The number of carbonyl (C=O) groups excluding carboxylic acids is 2. The highest BCUT2D eigenvalue weighted by atomic mass is 28.3. The van der Waals surface area contributed by atoms with Crippen LogP contribution in [-0.2, 0) is 19.1 Å². The quantitative estimate of drug-likeness (QED) is 0.532. The summed E-state index contributed by atoms with van der Waals surface area (Å²) in [6.07, 6.45) is -0.653. The SMILES string of the molecule is CCOC(=O)C(C)Oc1ccc([Si](C)(C)C(C)C(=O)OCC)cc1. The van der Waals surface area contributed by atoms with Gasteiger partial charge in [0.15, 0.2) is 6.10 Å². The number of hydrogen-bond donors (Lipinski definition) is 0. The number of rotatable bonds is 8. The van der Waals surface area contributed by atoms with Crippen molar-refractivity contribution in [2.75, 3.05) is 13.2 Å². The molecule has 1 rings (SSSR count). The Kier molecular flexibility index (Phi) is 7.47. The molecule has 0 heterocycles. The van der Waals surface area contributed by atoms with Crippen molar-refractivity contribution >= 4 is 25.2 Å². The molecule has 0 radical (unpaired) electrons. The highest BCUT2D eigenvalue weighted by Gasteiger charge is 2.36. The standard InChI is InChI=1S/C18H28O5Si/c1-7-21-17(19)13(3)23-15-9-11-16(12-10-15)24(5,6)14(4)18(20)22-8-2/h9-14H,7-8H2,1-6H3. The molecule has 0 fully saturated rings. The van der Waals surface area contributed by atoms with Crippen molar-refractivity contribution in [1.29, 1.82) is 0 Å². The fourth-order valence-electron chi connectivity index (χ4n) is 2.29. The van der Waals surface area contributed by atoms with Crippen LogP contribution in [0.1, 0.15) is 27.7 Å². The molecule has 0 aliphatic heterocycles. The highest BCUT2D eigenvalue weighted by Crippen LogP contribution is 2.24. The third kappa shape index (κ3) is 5.09. The molecule has 0 amide bonds. The van der Waals surface area contributed by atoms with E-state index in [1.807, 2.05) is 38.1 Å². The van der Waals surface area contributed by atoms with Crippen LogP contribution in [0.3, 0.4) is 0 Å². The van der Waals surface area contributed by atoms with Crippen LogP contribution in [0.5, 0.6) is 5.75 Å². The molecule has 0 bridgehead atoms. The van der Waals surface area contributed by atoms with Gasteiger partial charge in [-0.25, -0.2) is 4.79 Å². The molecule has 0 saturated heterocycles. The lowest BCUT2D eigenvalue weighted by Gasteiger charge is -2.28. The summed E-state index contributed by atoms with van der Waals surface area (Å²) in [7, 11) is -2.00. The third-order valence-electron chi connectivity index (χ3n) is 4.25. The number of esters is 2. The molecule has 24 heavy (non-hydrogen) atoms. The van der Waals surface area contributed by atoms with Crippen molar-refractivity contribution in [2.24, 2.45) is 0 Å². The molecule has 1 aromatic rings. The third-order valence-corrected chi connectivity index (χ3v) is 8.47. The molecule has 0 spiro atoms. The molecule has 2 unspecified atom stereocenters. The minimum atomic E-state index is -2.00. The van der Waals surface area contributed by atoms with Crippen molar-refractivity contribution in [1.82, 2.24) is 0 Å². The fraction of sp³-hybridized carbons (Fsp3) is 0.556. The van der Waals surface area contributed by atoms with Crippen molar-refractivity contribution in [2.45, 2.75) is 52.4 Å². The number of carbonyl (C=O) groups is 2. The average Bonchev–Trinajstić information content (AvgIpc) is 2.55. The van der Waals surface area contributed by atoms with Gasteiger partial charge in [0.25, 0.3) is 0 Å². The number of hydrogen-bond acceptors (Lipinski definition) is 5. The molecule has 2 atom stereocenters. The maximum atomic E-state index is 12.0. The van der Waals surface area contributed by atoms with E-state index in [-0.39, 0.29) is 17.5 Å². The van der Waals surface area contributed by atoms with Crippen LogP contribution < -0.4 is 9.92 Å². The first kappa shape index (κ1) is 20.2. The van der Waals surface area contributed by atoms with E-state index in [0.717, 1.165) is 5.19 Å². The Balaban J connectivity index is 2.82. The highest BCUT2D eigenvalue weighted by molar-refractivity contribution is 6.93. The monoisotopic (exact) mass is 352 g/mol. The van der Waals surface area contributed by atoms with Crippen molar-refractivity contribution < 1.29 is 23.8 Å². The predicted molar refractivity (Wildman–Crippen MR) is 96.3 cm³/mol. The van der Waals surface area contributed by atoms with Gasteiger partial charge in [-0.05, 0) is 32.9 Å². The zero-order chi connectivity index (χ0) is 18.3. The fourth-order valence-corrected chi connectivity index (χ4v) is 4.49. The molecule has 0 N–H and O–H groups in total. The van der Waals surface area contributed by atoms with Crippen LogP contribution in [0, 0.1) is 0 Å². The van der Waals surface area contributed by atoms with E-state index in [9.17, 15) is 9.59 Å². The summed E-state index contributed by atoms with van der Waals surface area (Å²) in [5, 5.41) is 1.14.